The fraction of sp³-hybridized carbons (Fsp3) is 0.333. The average molecular weight is 230 g/mol. The molecule has 0 saturated carbocycles. The molecule has 1 rings (SSSR count). The van der Waals surface area contributed by atoms with Crippen molar-refractivity contribution in [3.8, 4) is 5.75 Å². The summed E-state index contributed by atoms with van der Waals surface area (Å²) in [5.41, 5.74) is 5.66. The zero-order valence-electron chi connectivity index (χ0n) is 8.43. The van der Waals surface area contributed by atoms with Gasteiger partial charge in [-0.05, 0) is 12.1 Å². The van der Waals surface area contributed by atoms with Crippen LogP contribution >= 0.6 is 0 Å². The van der Waals surface area contributed by atoms with E-state index in [1.54, 1.807) is 24.3 Å². The third kappa shape index (κ3) is 3.77. The predicted octanol–water partition coefficient (Wildman–Crippen LogP) is 0.396. The molecule has 0 spiro atoms. The first-order valence-electron chi connectivity index (χ1n) is 4.42. The van der Waals surface area contributed by atoms with E-state index in [1.165, 1.54) is 7.11 Å². The van der Waals surface area contributed by atoms with E-state index >= 15 is 0 Å². The zero-order valence-corrected chi connectivity index (χ0v) is 9.25. The van der Waals surface area contributed by atoms with Crippen LogP contribution in [0.1, 0.15) is 0 Å². The van der Waals surface area contributed by atoms with Crippen LogP contribution in [-0.2, 0) is 10.0 Å². The lowest BCUT2D eigenvalue weighted by molar-refractivity contribution is 0.415. The molecule has 0 fully saturated rings. The van der Waals surface area contributed by atoms with E-state index < -0.39 is 10.0 Å². The Morgan fingerprint density at radius 3 is 2.80 bits per heavy atom. The van der Waals surface area contributed by atoms with Crippen LogP contribution in [0.25, 0.3) is 0 Å². The third-order valence-corrected chi connectivity index (χ3v) is 3.05. The largest absolute Gasteiger partial charge is 0.497 e. The monoisotopic (exact) mass is 230 g/mol. The molecule has 3 N–H and O–H groups in total. The maximum absolute atomic E-state index is 11.4. The molecule has 6 heteroatoms. The first-order chi connectivity index (χ1) is 7.07. The van der Waals surface area contributed by atoms with E-state index in [0.29, 0.717) is 11.4 Å². The molecule has 1 aromatic rings. The lowest BCUT2D eigenvalue weighted by Gasteiger charge is -2.07. The van der Waals surface area contributed by atoms with Crippen molar-refractivity contribution in [1.29, 1.82) is 0 Å². The minimum atomic E-state index is -3.34. The summed E-state index contributed by atoms with van der Waals surface area (Å²) >= 11 is 0. The van der Waals surface area contributed by atoms with E-state index in [-0.39, 0.29) is 12.3 Å². The number of rotatable bonds is 5. The summed E-state index contributed by atoms with van der Waals surface area (Å²) in [7, 11) is -1.82. The van der Waals surface area contributed by atoms with Gasteiger partial charge in [0.25, 0.3) is 0 Å². The molecule has 84 valence electrons. The summed E-state index contributed by atoms with van der Waals surface area (Å²) < 4.78 is 30.1. The predicted molar refractivity (Wildman–Crippen MR) is 59.5 cm³/mol. The van der Waals surface area contributed by atoms with Gasteiger partial charge in [-0.25, -0.2) is 8.42 Å². The second kappa shape index (κ2) is 4.99. The van der Waals surface area contributed by atoms with E-state index in [1.807, 2.05) is 0 Å². The van der Waals surface area contributed by atoms with Gasteiger partial charge < -0.3 is 10.5 Å². The summed E-state index contributed by atoms with van der Waals surface area (Å²) in [4.78, 5) is 0. The molecule has 15 heavy (non-hydrogen) atoms. The highest BCUT2D eigenvalue weighted by Crippen LogP contribution is 2.17. The first kappa shape index (κ1) is 11.8. The minimum Gasteiger partial charge on any atom is -0.497 e. The van der Waals surface area contributed by atoms with Gasteiger partial charge in [-0.2, -0.15) is 0 Å². The summed E-state index contributed by atoms with van der Waals surface area (Å²) in [6.45, 7) is 0.0965. The Bertz CT molecular complexity index is 417. The minimum absolute atomic E-state index is 0.0930. The maximum Gasteiger partial charge on any atom is 0.233 e. The number of methoxy groups -OCH3 is 1. The third-order valence-electron chi connectivity index (χ3n) is 1.73. The summed E-state index contributed by atoms with van der Waals surface area (Å²) in [5, 5.41) is 0. The van der Waals surface area contributed by atoms with Gasteiger partial charge in [0.2, 0.25) is 10.0 Å². The Morgan fingerprint density at radius 1 is 1.47 bits per heavy atom. The molecule has 0 radical (unpaired) electrons. The quantitative estimate of drug-likeness (QED) is 0.767. The molecule has 1 aromatic carbocycles. The van der Waals surface area contributed by atoms with Crippen molar-refractivity contribution < 1.29 is 13.2 Å². The number of nitrogens with one attached hydrogen (secondary N) is 1. The lowest BCUT2D eigenvalue weighted by Crippen LogP contribution is -2.22. The fourth-order valence-corrected chi connectivity index (χ4v) is 1.97. The van der Waals surface area contributed by atoms with Gasteiger partial charge in [0.15, 0.2) is 0 Å². The van der Waals surface area contributed by atoms with Crippen LogP contribution in [0.5, 0.6) is 5.75 Å². The van der Waals surface area contributed by atoms with Crippen LogP contribution in [0, 0.1) is 0 Å². The van der Waals surface area contributed by atoms with Gasteiger partial charge in [0, 0.05) is 12.6 Å². The molecule has 0 atom stereocenters. The molecule has 0 aliphatic carbocycles. The van der Waals surface area contributed by atoms with Crippen molar-refractivity contribution in [3.63, 3.8) is 0 Å². The highest BCUT2D eigenvalue weighted by Gasteiger charge is 2.08. The highest BCUT2D eigenvalue weighted by molar-refractivity contribution is 7.92. The van der Waals surface area contributed by atoms with E-state index in [0.717, 1.165) is 0 Å². The number of benzene rings is 1. The normalized spacial score (nSPS) is 11.1. The molecule has 0 heterocycles. The molecule has 0 bridgehead atoms. The summed E-state index contributed by atoms with van der Waals surface area (Å²) in [5.74, 6) is 0.507. The number of hydrogen-bond acceptors (Lipinski definition) is 4. The Kier molecular flexibility index (Phi) is 3.93. The van der Waals surface area contributed by atoms with Crippen LogP contribution < -0.4 is 15.2 Å². The van der Waals surface area contributed by atoms with Gasteiger partial charge >= 0.3 is 0 Å². The molecule has 0 aromatic heterocycles. The van der Waals surface area contributed by atoms with Crippen molar-refractivity contribution in [2.75, 3.05) is 24.1 Å². The Labute approximate surface area is 89.3 Å². The van der Waals surface area contributed by atoms with Crippen LogP contribution in [0.3, 0.4) is 0 Å². The van der Waals surface area contributed by atoms with Crippen molar-refractivity contribution in [2.24, 2.45) is 5.73 Å². The summed E-state index contributed by atoms with van der Waals surface area (Å²) in [6, 6.07) is 6.70. The summed E-state index contributed by atoms with van der Waals surface area (Å²) in [6.07, 6.45) is 0. The number of nitrogens with two attached hydrogens (primary N) is 1. The molecule has 0 aliphatic rings. The van der Waals surface area contributed by atoms with Gasteiger partial charge in [-0.1, -0.05) is 6.07 Å². The van der Waals surface area contributed by atoms with Gasteiger partial charge in [0.1, 0.15) is 5.75 Å². The van der Waals surface area contributed by atoms with E-state index in [4.69, 9.17) is 10.5 Å². The number of sulfonamides is 1. The molecule has 0 unspecified atom stereocenters. The van der Waals surface area contributed by atoms with Gasteiger partial charge in [-0.15, -0.1) is 0 Å². The second-order valence-corrected chi connectivity index (χ2v) is 4.78. The maximum atomic E-state index is 11.4. The molecule has 0 saturated heterocycles. The molecule has 0 amide bonds. The Balaban J connectivity index is 2.80. The fourth-order valence-electron chi connectivity index (χ4n) is 1.07. The van der Waals surface area contributed by atoms with Gasteiger partial charge in [0.05, 0.1) is 18.6 Å². The van der Waals surface area contributed by atoms with Gasteiger partial charge in [-0.3, -0.25) is 4.72 Å². The second-order valence-electron chi connectivity index (χ2n) is 2.94. The molecular weight excluding hydrogens is 216 g/mol. The first-order valence-corrected chi connectivity index (χ1v) is 6.07. The SMILES string of the molecule is COc1cccc(NS(=O)(=O)CCN)c1. The van der Waals surface area contributed by atoms with Crippen LogP contribution in [-0.4, -0.2) is 27.8 Å². The van der Waals surface area contributed by atoms with Crippen molar-refractivity contribution in [1.82, 2.24) is 0 Å². The van der Waals surface area contributed by atoms with Crippen LogP contribution in [0.2, 0.25) is 0 Å². The average Bonchev–Trinajstić information content (AvgIpc) is 2.17. The van der Waals surface area contributed by atoms with Crippen molar-refractivity contribution in [3.05, 3.63) is 24.3 Å². The topological polar surface area (TPSA) is 81.4 Å². The van der Waals surface area contributed by atoms with E-state index in [9.17, 15) is 8.42 Å². The Morgan fingerprint density at radius 2 is 2.20 bits per heavy atom. The molecular formula is C9H14N2O3S. The van der Waals surface area contributed by atoms with Crippen molar-refractivity contribution in [2.45, 2.75) is 0 Å². The standard InChI is InChI=1S/C9H14N2O3S/c1-14-9-4-2-3-8(7-9)11-15(12,13)6-5-10/h2-4,7,11H,5-6,10H2,1H3. The van der Waals surface area contributed by atoms with Crippen LogP contribution in [0.15, 0.2) is 24.3 Å². The molecule has 5 nitrogen and oxygen atoms in total. The zero-order chi connectivity index (χ0) is 11.3. The van der Waals surface area contributed by atoms with Crippen LogP contribution in [0.4, 0.5) is 5.69 Å². The van der Waals surface area contributed by atoms with Crippen molar-refractivity contribution >= 4 is 15.7 Å². The lowest BCUT2D eigenvalue weighted by atomic mass is 10.3. The number of hydrogen-bond donors (Lipinski definition) is 2. The molecule has 0 aliphatic heterocycles. The number of anilines is 1. The van der Waals surface area contributed by atoms with E-state index in [2.05, 4.69) is 4.72 Å². The number of ether oxygens (including phenoxy) is 1. The highest BCUT2D eigenvalue weighted by atomic mass is 32.2. The smallest absolute Gasteiger partial charge is 0.233 e. The Hall–Kier alpha value is -1.27.